The molecule has 0 aliphatic rings. The first-order valence-electron chi connectivity index (χ1n) is 19.4. The average Bonchev–Trinajstić information content (AvgIpc) is 3.18. The van der Waals surface area contributed by atoms with Crippen molar-refractivity contribution in [3.05, 3.63) is 145 Å². The van der Waals surface area contributed by atoms with Crippen molar-refractivity contribution in [3.63, 3.8) is 0 Å². The Morgan fingerprint density at radius 3 is 1.00 bits per heavy atom. The van der Waals surface area contributed by atoms with Crippen molar-refractivity contribution < 1.29 is 0 Å². The number of hydrogen-bond donors (Lipinski definition) is 0. The molecule has 0 spiro atoms. The Morgan fingerprint density at radius 2 is 0.740 bits per heavy atom. The maximum Gasteiger partial charge on any atom is 0.0867 e. The lowest BCUT2D eigenvalue weighted by molar-refractivity contribution is 0.800. The summed E-state index contributed by atoms with van der Waals surface area (Å²) in [6.07, 6.45) is 10.0. The number of nitrogens with zero attached hydrogens (tertiary/aromatic N) is 1. The Bertz CT molecular complexity index is 1490. The predicted octanol–water partition coefficient (Wildman–Crippen LogP) is 11.8. The lowest BCUT2D eigenvalue weighted by Crippen LogP contribution is -2.48. The van der Waals surface area contributed by atoms with Gasteiger partial charge in [0.05, 0.1) is 29.9 Å². The van der Waals surface area contributed by atoms with Crippen LogP contribution < -0.4 is 30.8 Å². The third kappa shape index (κ3) is 9.06. The molecule has 0 bridgehead atoms. The molecular formula is C46H59NP2Si. The van der Waals surface area contributed by atoms with E-state index < -0.39 is 24.2 Å². The van der Waals surface area contributed by atoms with Crippen LogP contribution in [0.5, 0.6) is 0 Å². The number of anilines is 1. The van der Waals surface area contributed by atoms with E-state index in [-0.39, 0.29) is 0 Å². The van der Waals surface area contributed by atoms with Crippen LogP contribution in [0.1, 0.15) is 84.3 Å². The Morgan fingerprint density at radius 1 is 0.440 bits per heavy atom. The van der Waals surface area contributed by atoms with Gasteiger partial charge >= 0.3 is 0 Å². The quantitative estimate of drug-likeness (QED) is 0.0608. The van der Waals surface area contributed by atoms with Crippen LogP contribution in [0.15, 0.2) is 133 Å². The fraction of sp³-hybridized carbons (Fsp3) is 0.348. The Labute approximate surface area is 308 Å². The third-order valence-electron chi connectivity index (χ3n) is 10.3. The zero-order valence-corrected chi connectivity index (χ0v) is 34.1. The first-order valence-corrected chi connectivity index (χ1v) is 24.6. The summed E-state index contributed by atoms with van der Waals surface area (Å²) in [6, 6.07) is 55.3. The van der Waals surface area contributed by atoms with Crippen molar-refractivity contribution >= 4 is 56.3 Å². The monoisotopic (exact) mass is 715 g/mol. The maximum absolute atomic E-state index is 2.95. The molecule has 0 aliphatic carbocycles. The largest absolute Gasteiger partial charge is 0.312 e. The Hall–Kier alpha value is -3.02. The first-order chi connectivity index (χ1) is 24.6. The average molecular weight is 716 g/mol. The Kier molecular flexibility index (Phi) is 14.9. The molecule has 0 heterocycles. The molecule has 5 aromatic rings. The highest BCUT2D eigenvalue weighted by Gasteiger charge is 2.38. The molecule has 50 heavy (non-hydrogen) atoms. The molecule has 0 aromatic heterocycles. The van der Waals surface area contributed by atoms with Crippen LogP contribution in [-0.4, -0.2) is 8.07 Å². The van der Waals surface area contributed by atoms with E-state index >= 15 is 0 Å². The second kappa shape index (κ2) is 19.5. The molecule has 0 unspecified atom stereocenters. The number of benzene rings is 5. The van der Waals surface area contributed by atoms with Crippen LogP contribution in [0.4, 0.5) is 5.69 Å². The molecule has 0 aliphatic heterocycles. The van der Waals surface area contributed by atoms with Gasteiger partial charge in [0.1, 0.15) is 0 Å². The summed E-state index contributed by atoms with van der Waals surface area (Å²) in [7, 11) is -3.53. The smallest absolute Gasteiger partial charge is 0.0867 e. The molecule has 0 saturated heterocycles. The molecule has 1 nitrogen and oxygen atoms in total. The fourth-order valence-corrected chi connectivity index (χ4v) is 19.3. The van der Waals surface area contributed by atoms with Gasteiger partial charge in [-0.1, -0.05) is 230 Å². The number of rotatable bonds is 19. The minimum absolute atomic E-state index is 0.913. The molecule has 5 rings (SSSR count). The minimum atomic E-state index is -1.71. The highest BCUT2D eigenvalue weighted by atomic mass is 31.2. The molecule has 5 aromatic carbocycles. The summed E-state index contributed by atoms with van der Waals surface area (Å²) in [4.78, 5) is 0. The van der Waals surface area contributed by atoms with Gasteiger partial charge < -0.3 is 4.44 Å². The number of unbranched alkanes of at least 4 members (excludes halogenated alkanes) is 3. The summed E-state index contributed by atoms with van der Waals surface area (Å²) >= 11 is 0. The van der Waals surface area contributed by atoms with Crippen LogP contribution in [0.25, 0.3) is 0 Å². The summed E-state index contributed by atoms with van der Waals surface area (Å²) < 4.78 is 2.95. The van der Waals surface area contributed by atoms with Gasteiger partial charge in [-0.2, -0.15) is 0 Å². The predicted molar refractivity (Wildman–Crippen MR) is 230 cm³/mol. The van der Waals surface area contributed by atoms with Crippen LogP contribution in [0.3, 0.4) is 0 Å². The van der Waals surface area contributed by atoms with E-state index in [0.717, 1.165) is 12.8 Å². The Balaban J connectivity index is 1.87. The normalized spacial score (nSPS) is 11.7. The van der Waals surface area contributed by atoms with Gasteiger partial charge in [0.15, 0.2) is 0 Å². The standard InChI is InChI=1S/C46H59NP2Si/c1-6-11-34-50(35-12-7-2,36-13-8-3)45-37-39(9-4)46(40(10-5)38-45)47(48(41-26-18-14-19-27-41)42-28-20-15-21-29-42)49(43-30-22-16-23-31-43)44-32-24-17-25-33-44/h14-33,37-38H,6-13,34-36H2,1-5H3. The zero-order valence-electron chi connectivity index (χ0n) is 31.3. The van der Waals surface area contributed by atoms with Gasteiger partial charge in [0.25, 0.3) is 0 Å². The van der Waals surface area contributed by atoms with Crippen molar-refractivity contribution in [2.45, 2.75) is 104 Å². The van der Waals surface area contributed by atoms with Gasteiger partial charge in [-0.3, -0.25) is 0 Å². The highest BCUT2D eigenvalue weighted by molar-refractivity contribution is 7.90. The first kappa shape index (κ1) is 38.2. The van der Waals surface area contributed by atoms with Gasteiger partial charge in [0.2, 0.25) is 0 Å². The van der Waals surface area contributed by atoms with Crippen molar-refractivity contribution in [1.82, 2.24) is 0 Å². The molecule has 0 amide bonds. The third-order valence-corrected chi connectivity index (χ3v) is 21.1. The second-order valence-corrected chi connectivity index (χ2v) is 22.8. The zero-order chi connectivity index (χ0) is 35.2. The SMILES string of the molecule is CCCC[Si](CCCC)(CCCC)c1cc(CC)c(N(P(c2ccccc2)c2ccccc2)P(c2ccccc2)c2ccccc2)c(CC)c1. The van der Waals surface area contributed by atoms with Crippen LogP contribution in [-0.2, 0) is 12.8 Å². The molecule has 0 fully saturated rings. The molecular weight excluding hydrogens is 657 g/mol. The van der Waals surface area contributed by atoms with Gasteiger partial charge in [-0.05, 0) is 24.0 Å². The minimum Gasteiger partial charge on any atom is -0.312 e. The van der Waals surface area contributed by atoms with E-state index in [1.165, 1.54) is 83.6 Å². The highest BCUT2D eigenvalue weighted by Crippen LogP contribution is 2.58. The molecule has 0 saturated carbocycles. The van der Waals surface area contributed by atoms with Gasteiger partial charge in [-0.25, -0.2) is 0 Å². The van der Waals surface area contributed by atoms with Crippen LogP contribution in [0.2, 0.25) is 18.1 Å². The van der Waals surface area contributed by atoms with Gasteiger partial charge in [0, 0.05) is 21.2 Å². The van der Waals surface area contributed by atoms with Crippen LogP contribution >= 0.6 is 16.1 Å². The fourth-order valence-electron chi connectivity index (χ4n) is 7.52. The number of hydrogen-bond acceptors (Lipinski definition) is 1. The molecule has 0 N–H and O–H groups in total. The molecule has 262 valence electrons. The lowest BCUT2D eigenvalue weighted by atomic mass is 10.0. The summed E-state index contributed by atoms with van der Waals surface area (Å²) in [5.41, 5.74) is 4.57. The molecule has 0 atom stereocenters. The van der Waals surface area contributed by atoms with Crippen molar-refractivity contribution in [1.29, 1.82) is 0 Å². The lowest BCUT2D eigenvalue weighted by Gasteiger charge is -2.43. The number of aryl methyl sites for hydroxylation is 2. The van der Waals surface area contributed by atoms with Gasteiger partial charge in [-0.15, -0.1) is 0 Å². The summed E-state index contributed by atoms with van der Waals surface area (Å²) in [5.74, 6) is 0. The van der Waals surface area contributed by atoms with Crippen molar-refractivity contribution in [2.24, 2.45) is 0 Å². The van der Waals surface area contributed by atoms with E-state index in [9.17, 15) is 0 Å². The van der Waals surface area contributed by atoms with E-state index in [1.807, 2.05) is 0 Å². The topological polar surface area (TPSA) is 3.24 Å². The van der Waals surface area contributed by atoms with Crippen molar-refractivity contribution in [2.75, 3.05) is 4.44 Å². The van der Waals surface area contributed by atoms with E-state index in [1.54, 1.807) is 16.3 Å². The van der Waals surface area contributed by atoms with E-state index in [4.69, 9.17) is 0 Å². The second-order valence-electron chi connectivity index (χ2n) is 13.7. The van der Waals surface area contributed by atoms with E-state index in [0.29, 0.717) is 0 Å². The van der Waals surface area contributed by atoms with Crippen LogP contribution in [0, 0.1) is 0 Å². The van der Waals surface area contributed by atoms with E-state index in [2.05, 4.69) is 173 Å². The summed E-state index contributed by atoms with van der Waals surface area (Å²) in [5, 5.41) is 7.35. The summed E-state index contributed by atoms with van der Waals surface area (Å²) in [6.45, 7) is 12.0. The molecule has 4 heteroatoms. The van der Waals surface area contributed by atoms with Crippen molar-refractivity contribution in [3.8, 4) is 0 Å². The maximum atomic E-state index is 2.95. The molecule has 0 radical (unpaired) electrons.